The monoisotopic (exact) mass is 287 g/mol. The summed E-state index contributed by atoms with van der Waals surface area (Å²) in [5, 5.41) is 1.36. The maximum absolute atomic E-state index is 6.15. The molecule has 0 radical (unpaired) electrons. The fraction of sp³-hybridized carbons (Fsp3) is 0.0833. The Balaban J connectivity index is 2.68. The predicted octanol–water partition coefficient (Wildman–Crippen LogP) is 4.72. The first-order valence-electron chi connectivity index (χ1n) is 4.77. The van der Waals surface area contributed by atoms with E-state index in [-0.39, 0.29) is 0 Å². The number of rotatable bonds is 2. The summed E-state index contributed by atoms with van der Waals surface area (Å²) in [5.74, 6) is 0.533. The first kappa shape index (κ1) is 12.5. The molecule has 2 nitrogen and oxygen atoms in total. The zero-order chi connectivity index (χ0) is 12.4. The van der Waals surface area contributed by atoms with E-state index < -0.39 is 0 Å². The van der Waals surface area contributed by atoms with Crippen LogP contribution in [-0.4, -0.2) is 12.1 Å². The number of benzene rings is 1. The molecule has 2 aromatic rings. The average molecular weight is 289 g/mol. The molecule has 2 rings (SSSR count). The molecule has 0 aliphatic carbocycles. The molecular formula is C12H8Cl3NO. The van der Waals surface area contributed by atoms with Gasteiger partial charge in [0.2, 0.25) is 0 Å². The molecule has 0 bridgehead atoms. The van der Waals surface area contributed by atoms with Crippen LogP contribution in [0.2, 0.25) is 15.1 Å². The molecule has 0 saturated heterocycles. The van der Waals surface area contributed by atoms with E-state index >= 15 is 0 Å². The third-order valence-electron chi connectivity index (χ3n) is 2.30. The second kappa shape index (κ2) is 5.13. The molecule has 88 valence electrons. The molecule has 1 heterocycles. The maximum atomic E-state index is 6.15. The minimum atomic E-state index is 0.432. The van der Waals surface area contributed by atoms with E-state index in [0.717, 1.165) is 5.56 Å². The van der Waals surface area contributed by atoms with Crippen LogP contribution in [0, 0.1) is 0 Å². The van der Waals surface area contributed by atoms with Gasteiger partial charge in [0.15, 0.2) is 0 Å². The van der Waals surface area contributed by atoms with Gasteiger partial charge in [0, 0.05) is 23.5 Å². The molecule has 0 unspecified atom stereocenters. The van der Waals surface area contributed by atoms with Crippen molar-refractivity contribution in [3.8, 4) is 16.9 Å². The Morgan fingerprint density at radius 2 is 1.76 bits per heavy atom. The number of hydrogen-bond donors (Lipinski definition) is 0. The van der Waals surface area contributed by atoms with E-state index in [4.69, 9.17) is 39.5 Å². The summed E-state index contributed by atoms with van der Waals surface area (Å²) in [6.07, 6.45) is 3.16. The predicted molar refractivity (Wildman–Crippen MR) is 71.3 cm³/mol. The van der Waals surface area contributed by atoms with Crippen molar-refractivity contribution in [3.63, 3.8) is 0 Å². The van der Waals surface area contributed by atoms with Crippen LogP contribution in [-0.2, 0) is 0 Å². The van der Waals surface area contributed by atoms with Crippen molar-refractivity contribution in [2.24, 2.45) is 0 Å². The molecule has 0 N–H and O–H groups in total. The molecule has 0 spiro atoms. The van der Waals surface area contributed by atoms with Gasteiger partial charge in [-0.05, 0) is 6.07 Å². The van der Waals surface area contributed by atoms with Gasteiger partial charge in [-0.1, -0.05) is 46.9 Å². The van der Waals surface area contributed by atoms with Gasteiger partial charge in [-0.2, -0.15) is 0 Å². The van der Waals surface area contributed by atoms with Crippen LogP contribution in [0.1, 0.15) is 0 Å². The van der Waals surface area contributed by atoms with Crippen molar-refractivity contribution in [2.75, 3.05) is 7.11 Å². The molecule has 0 saturated carbocycles. The number of aromatic nitrogens is 1. The van der Waals surface area contributed by atoms with Crippen LogP contribution in [0.25, 0.3) is 11.1 Å². The van der Waals surface area contributed by atoms with Crippen molar-refractivity contribution in [3.05, 3.63) is 45.7 Å². The van der Waals surface area contributed by atoms with Crippen LogP contribution in [0.4, 0.5) is 0 Å². The minimum absolute atomic E-state index is 0.432. The first-order chi connectivity index (χ1) is 8.15. The molecular weight excluding hydrogens is 280 g/mol. The van der Waals surface area contributed by atoms with Crippen molar-refractivity contribution in [1.82, 2.24) is 4.98 Å². The highest BCUT2D eigenvalue weighted by Crippen LogP contribution is 2.40. The van der Waals surface area contributed by atoms with Gasteiger partial charge in [0.1, 0.15) is 10.8 Å². The average Bonchev–Trinajstić information content (AvgIpc) is 2.32. The van der Waals surface area contributed by atoms with Crippen molar-refractivity contribution < 1.29 is 4.74 Å². The molecule has 5 heteroatoms. The normalized spacial score (nSPS) is 10.4. The SMILES string of the molecule is COc1c(Cl)cncc1-c1cccc(Cl)c1Cl. The lowest BCUT2D eigenvalue weighted by atomic mass is 10.1. The Bertz CT molecular complexity index is 557. The standard InChI is InChI=1S/C12H8Cl3NO/c1-17-12-8(5-16-6-10(12)14)7-3-2-4-9(13)11(7)15/h2-6H,1H3. The van der Waals surface area contributed by atoms with Gasteiger partial charge in [0.25, 0.3) is 0 Å². The number of hydrogen-bond acceptors (Lipinski definition) is 2. The van der Waals surface area contributed by atoms with Gasteiger partial charge in [-0.15, -0.1) is 0 Å². The largest absolute Gasteiger partial charge is 0.494 e. The summed E-state index contributed by atoms with van der Waals surface area (Å²) in [4.78, 5) is 4.03. The summed E-state index contributed by atoms with van der Waals surface area (Å²) in [7, 11) is 1.54. The lowest BCUT2D eigenvalue weighted by molar-refractivity contribution is 0.416. The highest BCUT2D eigenvalue weighted by atomic mass is 35.5. The lowest BCUT2D eigenvalue weighted by Crippen LogP contribution is -1.91. The van der Waals surface area contributed by atoms with Gasteiger partial charge in [-0.25, -0.2) is 0 Å². The van der Waals surface area contributed by atoms with Crippen LogP contribution < -0.4 is 4.74 Å². The fourth-order valence-corrected chi connectivity index (χ4v) is 2.17. The topological polar surface area (TPSA) is 22.1 Å². The highest BCUT2D eigenvalue weighted by molar-refractivity contribution is 6.43. The first-order valence-corrected chi connectivity index (χ1v) is 5.90. The van der Waals surface area contributed by atoms with E-state index in [0.29, 0.717) is 26.4 Å². The van der Waals surface area contributed by atoms with Gasteiger partial charge in [0.05, 0.1) is 17.2 Å². The van der Waals surface area contributed by atoms with Gasteiger partial charge < -0.3 is 4.74 Å². The van der Waals surface area contributed by atoms with Crippen LogP contribution in [0.3, 0.4) is 0 Å². The Kier molecular flexibility index (Phi) is 3.77. The molecule has 0 atom stereocenters. The van der Waals surface area contributed by atoms with Crippen LogP contribution in [0.5, 0.6) is 5.75 Å². The quantitative estimate of drug-likeness (QED) is 0.798. The van der Waals surface area contributed by atoms with Crippen LogP contribution in [0.15, 0.2) is 30.6 Å². The molecule has 17 heavy (non-hydrogen) atoms. The molecule has 0 fully saturated rings. The Morgan fingerprint density at radius 3 is 2.47 bits per heavy atom. The van der Waals surface area contributed by atoms with E-state index in [2.05, 4.69) is 4.98 Å². The smallest absolute Gasteiger partial charge is 0.148 e. The second-order valence-electron chi connectivity index (χ2n) is 3.30. The number of nitrogens with zero attached hydrogens (tertiary/aromatic N) is 1. The van der Waals surface area contributed by atoms with E-state index in [9.17, 15) is 0 Å². The third kappa shape index (κ3) is 2.34. The summed E-state index contributed by atoms with van der Waals surface area (Å²) in [6, 6.07) is 5.37. The Hall–Kier alpha value is -0.960. The molecule has 1 aromatic carbocycles. The van der Waals surface area contributed by atoms with Crippen molar-refractivity contribution in [1.29, 1.82) is 0 Å². The molecule has 0 aliphatic heterocycles. The number of ether oxygens (including phenoxy) is 1. The maximum Gasteiger partial charge on any atom is 0.148 e. The number of halogens is 3. The molecule has 0 aliphatic rings. The van der Waals surface area contributed by atoms with Gasteiger partial charge >= 0.3 is 0 Å². The van der Waals surface area contributed by atoms with E-state index in [1.54, 1.807) is 19.4 Å². The highest BCUT2D eigenvalue weighted by Gasteiger charge is 2.14. The zero-order valence-electron chi connectivity index (χ0n) is 8.88. The van der Waals surface area contributed by atoms with Crippen molar-refractivity contribution >= 4 is 34.8 Å². The summed E-state index contributed by atoms with van der Waals surface area (Å²) < 4.78 is 5.25. The van der Waals surface area contributed by atoms with E-state index in [1.165, 1.54) is 6.20 Å². The summed E-state index contributed by atoms with van der Waals surface area (Å²) >= 11 is 18.1. The minimum Gasteiger partial charge on any atom is -0.494 e. The number of methoxy groups -OCH3 is 1. The summed E-state index contributed by atoms with van der Waals surface area (Å²) in [5.41, 5.74) is 1.46. The van der Waals surface area contributed by atoms with Crippen molar-refractivity contribution in [2.45, 2.75) is 0 Å². The number of pyridine rings is 1. The van der Waals surface area contributed by atoms with E-state index in [1.807, 2.05) is 12.1 Å². The van der Waals surface area contributed by atoms with Gasteiger partial charge in [-0.3, -0.25) is 4.98 Å². The Morgan fingerprint density at radius 1 is 1.00 bits per heavy atom. The zero-order valence-corrected chi connectivity index (χ0v) is 11.1. The fourth-order valence-electron chi connectivity index (χ4n) is 1.53. The van der Waals surface area contributed by atoms with Crippen LogP contribution >= 0.6 is 34.8 Å². The molecule has 1 aromatic heterocycles. The molecule has 0 amide bonds. The third-order valence-corrected chi connectivity index (χ3v) is 3.39. The lowest BCUT2D eigenvalue weighted by Gasteiger charge is -2.11. The summed E-state index contributed by atoms with van der Waals surface area (Å²) in [6.45, 7) is 0. The Labute approximate surface area is 114 Å². The second-order valence-corrected chi connectivity index (χ2v) is 4.50.